The number of aryl methyl sites for hydroxylation is 1. The van der Waals surface area contributed by atoms with Crippen molar-refractivity contribution in [3.63, 3.8) is 0 Å². The summed E-state index contributed by atoms with van der Waals surface area (Å²) in [5.41, 5.74) is 1.10. The minimum absolute atomic E-state index is 0.145. The summed E-state index contributed by atoms with van der Waals surface area (Å²) in [4.78, 5) is 0. The zero-order valence-electron chi connectivity index (χ0n) is 15.3. The lowest BCUT2D eigenvalue weighted by Gasteiger charge is -2.47. The van der Waals surface area contributed by atoms with E-state index in [9.17, 15) is 0 Å². The van der Waals surface area contributed by atoms with Crippen LogP contribution in [0.25, 0.3) is 0 Å². The molecule has 0 spiro atoms. The molecule has 1 aromatic carbocycles. The number of halogens is 1. The molecule has 1 saturated carbocycles. The fraction of sp³-hybridized carbons (Fsp3) is 0.600. The smallest absolute Gasteiger partial charge is 0.146 e. The van der Waals surface area contributed by atoms with E-state index in [0.717, 1.165) is 42.5 Å². The van der Waals surface area contributed by atoms with Gasteiger partial charge in [0, 0.05) is 25.1 Å². The van der Waals surface area contributed by atoms with Gasteiger partial charge in [-0.3, -0.25) is 0 Å². The van der Waals surface area contributed by atoms with E-state index >= 15 is 0 Å². The highest BCUT2D eigenvalue weighted by Crippen LogP contribution is 2.50. The Morgan fingerprint density at radius 2 is 1.88 bits per heavy atom. The van der Waals surface area contributed by atoms with E-state index in [4.69, 9.17) is 21.1 Å². The van der Waals surface area contributed by atoms with E-state index in [1.54, 1.807) is 7.11 Å². The van der Waals surface area contributed by atoms with Crippen LogP contribution in [0.5, 0.6) is 0 Å². The molecule has 2 aliphatic rings. The zero-order chi connectivity index (χ0) is 18.0. The molecule has 0 saturated heterocycles. The van der Waals surface area contributed by atoms with E-state index in [-0.39, 0.29) is 11.5 Å². The van der Waals surface area contributed by atoms with Crippen molar-refractivity contribution >= 4 is 11.6 Å². The van der Waals surface area contributed by atoms with Gasteiger partial charge in [0.1, 0.15) is 18.4 Å². The fourth-order valence-electron chi connectivity index (χ4n) is 4.33. The van der Waals surface area contributed by atoms with Gasteiger partial charge < -0.3 is 14.0 Å². The maximum atomic E-state index is 6.13. The van der Waals surface area contributed by atoms with Crippen molar-refractivity contribution < 1.29 is 9.47 Å². The number of nitrogens with zero attached hydrogens (tertiary/aromatic N) is 3. The van der Waals surface area contributed by atoms with Gasteiger partial charge in [-0.15, -0.1) is 10.2 Å². The third-order valence-corrected chi connectivity index (χ3v) is 6.01. The second kappa shape index (κ2) is 7.67. The van der Waals surface area contributed by atoms with Gasteiger partial charge in [-0.05, 0) is 43.4 Å². The molecule has 0 radical (unpaired) electrons. The molecule has 1 aromatic heterocycles. The van der Waals surface area contributed by atoms with Crippen molar-refractivity contribution in [1.29, 1.82) is 0 Å². The third kappa shape index (κ3) is 3.28. The van der Waals surface area contributed by atoms with Crippen LogP contribution in [0, 0.1) is 0 Å². The minimum atomic E-state index is -0.145. The van der Waals surface area contributed by atoms with Gasteiger partial charge in [0.25, 0.3) is 0 Å². The quantitative estimate of drug-likeness (QED) is 0.737. The highest BCUT2D eigenvalue weighted by Gasteiger charge is 2.51. The van der Waals surface area contributed by atoms with Crippen LogP contribution in [-0.2, 0) is 27.9 Å². The molecule has 0 N–H and O–H groups in total. The standard InChI is InChI=1S/C20H26ClN3O2/c1-25-14-26-17-12-20(13-17,15-7-9-16(21)10-8-15)19-23-22-18-6-4-2-3-5-11-24(18)19/h7-10,17H,2-6,11-14H2,1H3/t17-,20+. The Morgan fingerprint density at radius 1 is 1.12 bits per heavy atom. The minimum Gasteiger partial charge on any atom is -0.359 e. The average Bonchev–Trinajstić information content (AvgIpc) is 2.97. The Hall–Kier alpha value is -1.43. The predicted molar refractivity (Wildman–Crippen MR) is 100 cm³/mol. The van der Waals surface area contributed by atoms with Gasteiger partial charge >= 0.3 is 0 Å². The molecule has 0 amide bonds. The van der Waals surface area contributed by atoms with Crippen molar-refractivity contribution in [2.24, 2.45) is 0 Å². The van der Waals surface area contributed by atoms with Crippen molar-refractivity contribution in [2.45, 2.75) is 63.0 Å². The van der Waals surface area contributed by atoms with Crippen LogP contribution in [0.3, 0.4) is 0 Å². The van der Waals surface area contributed by atoms with Gasteiger partial charge in [-0.1, -0.05) is 36.6 Å². The van der Waals surface area contributed by atoms with Gasteiger partial charge in [0.2, 0.25) is 0 Å². The highest BCUT2D eigenvalue weighted by molar-refractivity contribution is 6.30. The number of hydrogen-bond acceptors (Lipinski definition) is 4. The summed E-state index contributed by atoms with van der Waals surface area (Å²) in [5, 5.41) is 10.00. The summed E-state index contributed by atoms with van der Waals surface area (Å²) in [7, 11) is 1.66. The first-order chi connectivity index (χ1) is 12.7. The molecule has 0 unspecified atom stereocenters. The van der Waals surface area contributed by atoms with Gasteiger partial charge in [-0.25, -0.2) is 0 Å². The summed E-state index contributed by atoms with van der Waals surface area (Å²) in [6.45, 7) is 1.34. The number of benzene rings is 1. The number of hydrogen-bond donors (Lipinski definition) is 0. The molecule has 0 bridgehead atoms. The normalized spacial score (nSPS) is 25.8. The van der Waals surface area contributed by atoms with Crippen LogP contribution in [0.15, 0.2) is 24.3 Å². The number of ether oxygens (including phenoxy) is 2. The largest absolute Gasteiger partial charge is 0.359 e. The average molecular weight is 376 g/mol. The molecular weight excluding hydrogens is 350 g/mol. The number of fused-ring (bicyclic) bond motifs is 1. The van der Waals surface area contributed by atoms with Crippen LogP contribution in [0.4, 0.5) is 0 Å². The number of aromatic nitrogens is 3. The summed E-state index contributed by atoms with van der Waals surface area (Å²) < 4.78 is 13.3. The predicted octanol–water partition coefficient (Wildman–Crippen LogP) is 4.12. The molecule has 1 fully saturated rings. The van der Waals surface area contributed by atoms with Gasteiger partial charge in [0.15, 0.2) is 0 Å². The van der Waals surface area contributed by atoms with Crippen molar-refractivity contribution in [3.05, 3.63) is 46.5 Å². The molecule has 1 aliphatic heterocycles. The highest BCUT2D eigenvalue weighted by atomic mass is 35.5. The van der Waals surface area contributed by atoms with Crippen LogP contribution in [-0.4, -0.2) is 34.8 Å². The molecule has 1 aliphatic carbocycles. The van der Waals surface area contributed by atoms with Crippen molar-refractivity contribution in [1.82, 2.24) is 14.8 Å². The zero-order valence-corrected chi connectivity index (χ0v) is 16.0. The lowest BCUT2D eigenvalue weighted by atomic mass is 9.62. The summed E-state index contributed by atoms with van der Waals surface area (Å²) in [5.74, 6) is 2.23. The SMILES string of the molecule is COCO[C@H]1C[C@@](c2ccc(Cl)cc2)(c2nnc3n2CCCCCC3)C1. The molecule has 2 heterocycles. The first kappa shape index (κ1) is 18.0. The number of rotatable bonds is 5. The Kier molecular flexibility index (Phi) is 5.30. The molecule has 4 rings (SSSR count). The lowest BCUT2D eigenvalue weighted by Crippen LogP contribution is -2.49. The fourth-order valence-corrected chi connectivity index (χ4v) is 4.46. The molecule has 2 aromatic rings. The van der Waals surface area contributed by atoms with Crippen LogP contribution >= 0.6 is 11.6 Å². The third-order valence-electron chi connectivity index (χ3n) is 5.76. The van der Waals surface area contributed by atoms with Crippen molar-refractivity contribution in [2.75, 3.05) is 13.9 Å². The van der Waals surface area contributed by atoms with Crippen molar-refractivity contribution in [3.8, 4) is 0 Å². The Bertz CT molecular complexity index is 738. The Morgan fingerprint density at radius 3 is 2.65 bits per heavy atom. The maximum absolute atomic E-state index is 6.13. The van der Waals surface area contributed by atoms with E-state index in [2.05, 4.69) is 26.9 Å². The molecule has 0 atom stereocenters. The monoisotopic (exact) mass is 375 g/mol. The van der Waals surface area contributed by atoms with Crippen LogP contribution in [0.1, 0.15) is 55.7 Å². The summed E-state index contributed by atoms with van der Waals surface area (Å²) in [6.07, 6.45) is 7.97. The lowest BCUT2D eigenvalue weighted by molar-refractivity contribution is -0.116. The Balaban J connectivity index is 1.69. The van der Waals surface area contributed by atoms with E-state index in [1.165, 1.54) is 31.2 Å². The summed E-state index contributed by atoms with van der Waals surface area (Å²) >= 11 is 6.13. The second-order valence-corrected chi connectivity index (χ2v) is 7.88. The molecule has 140 valence electrons. The molecular formula is C20H26ClN3O2. The second-order valence-electron chi connectivity index (χ2n) is 7.45. The van der Waals surface area contributed by atoms with Crippen LogP contribution < -0.4 is 0 Å². The molecule has 26 heavy (non-hydrogen) atoms. The first-order valence-corrected chi connectivity index (χ1v) is 9.90. The molecule has 5 nitrogen and oxygen atoms in total. The first-order valence-electron chi connectivity index (χ1n) is 9.52. The van der Waals surface area contributed by atoms with Gasteiger partial charge in [-0.2, -0.15) is 0 Å². The Labute approximate surface area is 159 Å². The topological polar surface area (TPSA) is 49.2 Å². The maximum Gasteiger partial charge on any atom is 0.146 e. The van der Waals surface area contributed by atoms with Crippen LogP contribution in [0.2, 0.25) is 5.02 Å². The molecule has 6 heteroatoms. The van der Waals surface area contributed by atoms with E-state index < -0.39 is 0 Å². The van der Waals surface area contributed by atoms with Gasteiger partial charge in [0.05, 0.1) is 11.5 Å². The number of methoxy groups -OCH3 is 1. The van der Waals surface area contributed by atoms with E-state index in [1.807, 2.05) is 12.1 Å². The van der Waals surface area contributed by atoms with E-state index in [0.29, 0.717) is 6.79 Å². The summed E-state index contributed by atoms with van der Waals surface area (Å²) in [6, 6.07) is 8.18.